The number of carbonyl (C=O) groups is 2. The highest BCUT2D eigenvalue weighted by atomic mass is 35.5. The number of aliphatic hydroxyl groups is 1. The Balaban J connectivity index is 1.38. The van der Waals surface area contributed by atoms with Crippen LogP contribution in [0.3, 0.4) is 0 Å². The number of fused-ring (bicyclic) bond motifs is 1. The van der Waals surface area contributed by atoms with Crippen LogP contribution in [-0.2, 0) is 5.60 Å². The second-order valence-electron chi connectivity index (χ2n) is 11.1. The van der Waals surface area contributed by atoms with Gasteiger partial charge in [0, 0.05) is 27.7 Å². The van der Waals surface area contributed by atoms with Crippen LogP contribution in [0.2, 0.25) is 15.1 Å². The van der Waals surface area contributed by atoms with E-state index in [4.69, 9.17) is 55.0 Å². The number of benzene rings is 2. The van der Waals surface area contributed by atoms with E-state index in [-0.39, 0.29) is 56.8 Å². The van der Waals surface area contributed by atoms with Crippen molar-refractivity contribution >= 4 is 57.5 Å². The van der Waals surface area contributed by atoms with Gasteiger partial charge in [-0.1, -0.05) is 34.8 Å². The third-order valence-electron chi connectivity index (χ3n) is 7.98. The number of halogens is 3. The lowest BCUT2D eigenvalue weighted by Crippen LogP contribution is -2.43. The van der Waals surface area contributed by atoms with E-state index in [0.29, 0.717) is 41.3 Å². The number of aromatic nitrogens is 3. The Bertz CT molecular complexity index is 1800. The van der Waals surface area contributed by atoms with Crippen LogP contribution in [-0.4, -0.2) is 51.9 Å². The molecule has 2 aromatic heterocycles. The van der Waals surface area contributed by atoms with Gasteiger partial charge >= 0.3 is 0 Å². The molecule has 0 radical (unpaired) electrons. The van der Waals surface area contributed by atoms with Crippen molar-refractivity contribution in [2.45, 2.75) is 44.2 Å². The van der Waals surface area contributed by atoms with Crippen molar-refractivity contribution in [1.29, 1.82) is 0 Å². The molecule has 0 spiro atoms. The molecule has 2 amide bonds. The molecule has 4 N–H and O–H groups in total. The van der Waals surface area contributed by atoms with E-state index >= 15 is 0 Å². The molecule has 0 saturated heterocycles. The number of methoxy groups -OCH3 is 1. The van der Waals surface area contributed by atoms with Gasteiger partial charge in [0.05, 0.1) is 47.6 Å². The molecule has 230 valence electrons. The average molecular weight is 659 g/mol. The third kappa shape index (κ3) is 5.67. The predicted molar refractivity (Wildman–Crippen MR) is 168 cm³/mol. The molecule has 0 unspecified atom stereocenters. The average Bonchev–Trinajstić information content (AvgIpc) is 3.94. The van der Waals surface area contributed by atoms with Gasteiger partial charge in [-0.25, -0.2) is 4.98 Å². The monoisotopic (exact) mass is 657 g/mol. The summed E-state index contributed by atoms with van der Waals surface area (Å²) < 4.78 is 13.3. The lowest BCUT2D eigenvalue weighted by Gasteiger charge is -2.29. The topological polar surface area (TPSA) is 142 Å². The largest absolute Gasteiger partial charge is 0.494 e. The van der Waals surface area contributed by atoms with Crippen LogP contribution in [0.4, 0.5) is 0 Å². The first kappa shape index (κ1) is 30.5. The van der Waals surface area contributed by atoms with Gasteiger partial charge < -0.3 is 25.6 Å². The minimum Gasteiger partial charge on any atom is -0.494 e. The van der Waals surface area contributed by atoms with Gasteiger partial charge in [0.1, 0.15) is 22.6 Å². The van der Waals surface area contributed by atoms with E-state index < -0.39 is 17.4 Å². The van der Waals surface area contributed by atoms with E-state index in [0.717, 1.165) is 18.2 Å². The first-order valence-corrected chi connectivity index (χ1v) is 15.4. The van der Waals surface area contributed by atoms with Crippen molar-refractivity contribution in [3.8, 4) is 22.8 Å². The summed E-state index contributed by atoms with van der Waals surface area (Å²) in [6, 6.07) is 8.17. The number of nitrogens with zero attached hydrogens (tertiary/aromatic N) is 3. The molecule has 6 rings (SSSR count). The molecule has 2 heterocycles. The standard InChI is InChI=1S/C31H30Cl3N5O5/c1-3-44-28-21(29(35)40)12-24(37-27(28)20-10-18(32)11-22(33)25(20)34)31(42,17-4-5-17)14-36-30(41)15-8-16-13-39(19-6-7-19)38-26(16)23(9-15)43-2/h8-13,17,19,42H,3-7,14H2,1-2H3,(H2,35,40)(H,36,41)/t31-/m1/s1. The maximum Gasteiger partial charge on any atom is 0.252 e. The Morgan fingerprint density at radius 3 is 2.52 bits per heavy atom. The Labute approximate surface area is 268 Å². The normalized spacial score (nSPS) is 16.0. The number of pyridine rings is 1. The lowest BCUT2D eigenvalue weighted by atomic mass is 9.90. The van der Waals surface area contributed by atoms with Gasteiger partial charge in [-0.3, -0.25) is 14.3 Å². The molecule has 13 heteroatoms. The molecule has 1 atom stereocenters. The van der Waals surface area contributed by atoms with Crippen molar-refractivity contribution in [3.05, 3.63) is 68.4 Å². The second-order valence-corrected chi connectivity index (χ2v) is 12.3. The number of hydrogen-bond donors (Lipinski definition) is 3. The van der Waals surface area contributed by atoms with Crippen LogP contribution in [0.15, 0.2) is 36.5 Å². The van der Waals surface area contributed by atoms with E-state index in [1.165, 1.54) is 19.2 Å². The highest BCUT2D eigenvalue weighted by Crippen LogP contribution is 2.48. The third-order valence-corrected chi connectivity index (χ3v) is 9.00. The van der Waals surface area contributed by atoms with Crippen LogP contribution in [0.5, 0.6) is 11.5 Å². The van der Waals surface area contributed by atoms with Crippen LogP contribution in [0.1, 0.15) is 65.1 Å². The fraction of sp³-hybridized carbons (Fsp3) is 0.355. The number of nitrogens with one attached hydrogen (secondary N) is 1. The summed E-state index contributed by atoms with van der Waals surface area (Å²) in [6.45, 7) is 1.74. The van der Waals surface area contributed by atoms with Gasteiger partial charge in [0.25, 0.3) is 11.8 Å². The number of ether oxygens (including phenoxy) is 2. The summed E-state index contributed by atoms with van der Waals surface area (Å²) in [4.78, 5) is 30.9. The zero-order chi connectivity index (χ0) is 31.3. The highest BCUT2D eigenvalue weighted by molar-refractivity contribution is 6.45. The fourth-order valence-electron chi connectivity index (χ4n) is 5.40. The summed E-state index contributed by atoms with van der Waals surface area (Å²) in [5.74, 6) is -0.899. The van der Waals surface area contributed by atoms with Crippen LogP contribution in [0.25, 0.3) is 22.2 Å². The molecule has 2 aromatic carbocycles. The molecule has 4 aromatic rings. The van der Waals surface area contributed by atoms with Crippen molar-refractivity contribution in [3.63, 3.8) is 0 Å². The van der Waals surface area contributed by atoms with Crippen LogP contribution < -0.4 is 20.5 Å². The van der Waals surface area contributed by atoms with Gasteiger partial charge in [-0.2, -0.15) is 5.10 Å². The Hall–Kier alpha value is -3.57. The second kappa shape index (κ2) is 11.7. The number of rotatable bonds is 11. The zero-order valence-electron chi connectivity index (χ0n) is 24.0. The molecule has 2 aliphatic rings. The summed E-state index contributed by atoms with van der Waals surface area (Å²) in [7, 11) is 1.53. The zero-order valence-corrected chi connectivity index (χ0v) is 26.3. The lowest BCUT2D eigenvalue weighted by molar-refractivity contribution is 0.00946. The van der Waals surface area contributed by atoms with Gasteiger partial charge in [0.2, 0.25) is 0 Å². The number of nitrogens with two attached hydrogens (primary N) is 1. The molecule has 0 bridgehead atoms. The Kier molecular flexibility index (Phi) is 8.13. The Morgan fingerprint density at radius 2 is 1.89 bits per heavy atom. The molecular weight excluding hydrogens is 629 g/mol. The van der Waals surface area contributed by atoms with Crippen molar-refractivity contribution in [1.82, 2.24) is 20.1 Å². The summed E-state index contributed by atoms with van der Waals surface area (Å²) in [6.07, 6.45) is 5.42. The predicted octanol–water partition coefficient (Wildman–Crippen LogP) is 5.93. The number of carbonyl (C=O) groups excluding carboxylic acids is 2. The maximum atomic E-state index is 13.5. The van der Waals surface area contributed by atoms with Crippen LogP contribution in [0, 0.1) is 5.92 Å². The quantitative estimate of drug-likeness (QED) is 0.170. The van der Waals surface area contributed by atoms with E-state index in [9.17, 15) is 14.7 Å². The fourth-order valence-corrected chi connectivity index (χ4v) is 6.09. The van der Waals surface area contributed by atoms with Crippen molar-refractivity contribution in [2.24, 2.45) is 11.7 Å². The van der Waals surface area contributed by atoms with Gasteiger partial charge in [-0.05, 0) is 68.9 Å². The first-order chi connectivity index (χ1) is 21.0. The van der Waals surface area contributed by atoms with Crippen molar-refractivity contribution < 1.29 is 24.2 Å². The highest BCUT2D eigenvalue weighted by Gasteiger charge is 2.47. The Morgan fingerprint density at radius 1 is 1.14 bits per heavy atom. The van der Waals surface area contributed by atoms with Crippen molar-refractivity contribution in [2.75, 3.05) is 20.3 Å². The minimum absolute atomic E-state index is 0.00715. The SMILES string of the molecule is CCOc1c(C(N)=O)cc([C@@](O)(CNC(=O)c2cc(OC)c3nn(C4CC4)cc3c2)C2CC2)nc1-c1cc(Cl)cc(Cl)c1Cl. The number of primary amides is 1. The summed E-state index contributed by atoms with van der Waals surface area (Å²) in [5, 5.41) is 21.0. The molecule has 2 aliphatic carbocycles. The molecule has 44 heavy (non-hydrogen) atoms. The van der Waals surface area contributed by atoms with E-state index in [2.05, 4.69) is 10.4 Å². The van der Waals surface area contributed by atoms with Crippen LogP contribution >= 0.6 is 34.8 Å². The smallest absolute Gasteiger partial charge is 0.252 e. The summed E-state index contributed by atoms with van der Waals surface area (Å²) in [5.41, 5.74) is 5.71. The molecule has 2 saturated carbocycles. The maximum absolute atomic E-state index is 13.5. The molecule has 0 aliphatic heterocycles. The molecule has 10 nitrogen and oxygen atoms in total. The minimum atomic E-state index is -1.65. The summed E-state index contributed by atoms with van der Waals surface area (Å²) >= 11 is 19.2. The molecular formula is C31H30Cl3N5O5. The molecule has 2 fully saturated rings. The van der Waals surface area contributed by atoms with E-state index in [1.54, 1.807) is 25.1 Å². The number of hydrogen-bond acceptors (Lipinski definition) is 7. The van der Waals surface area contributed by atoms with Gasteiger partial charge in [0.15, 0.2) is 5.75 Å². The number of amides is 2. The van der Waals surface area contributed by atoms with E-state index in [1.807, 2.05) is 10.9 Å². The first-order valence-electron chi connectivity index (χ1n) is 14.2. The van der Waals surface area contributed by atoms with Gasteiger partial charge in [-0.15, -0.1) is 0 Å².